The van der Waals surface area contributed by atoms with E-state index in [4.69, 9.17) is 25.5 Å². The second-order valence-electron chi connectivity index (χ2n) is 10.00. The number of ether oxygens (including phenoxy) is 2. The molecule has 39 heavy (non-hydrogen) atoms. The Hall–Kier alpha value is -3.29. The van der Waals surface area contributed by atoms with Crippen molar-refractivity contribution < 1.29 is 18.7 Å². The molecule has 4 aromatic rings. The number of hydrogen-bond acceptors (Lipinski definition) is 5. The van der Waals surface area contributed by atoms with Gasteiger partial charge in [-0.1, -0.05) is 53.5 Å². The molecule has 1 aromatic heterocycles. The third kappa shape index (κ3) is 5.18. The lowest BCUT2D eigenvalue weighted by atomic mass is 9.97. The zero-order valence-electron chi connectivity index (χ0n) is 22.2. The van der Waals surface area contributed by atoms with Crippen LogP contribution in [-0.2, 0) is 0 Å². The second kappa shape index (κ2) is 11.1. The van der Waals surface area contributed by atoms with Gasteiger partial charge >= 0.3 is 0 Å². The summed E-state index contributed by atoms with van der Waals surface area (Å²) < 4.78 is 18.8. The number of halogens is 2. The second-order valence-corrected chi connectivity index (χ2v) is 11.3. The molecular weight excluding hydrogens is 582 g/mol. The first-order valence-corrected chi connectivity index (χ1v) is 14.1. The maximum Gasteiger partial charge on any atom is 0.295 e. The molecule has 0 fully saturated rings. The number of rotatable bonds is 8. The van der Waals surface area contributed by atoms with Crippen LogP contribution in [0.4, 0.5) is 5.69 Å². The minimum absolute atomic E-state index is 0.0201. The summed E-state index contributed by atoms with van der Waals surface area (Å²) >= 11 is 9.92. The molecule has 0 N–H and O–H groups in total. The topological polar surface area (TPSA) is 69.0 Å². The van der Waals surface area contributed by atoms with Crippen LogP contribution >= 0.6 is 27.5 Å². The molecule has 1 amide bonds. The molecule has 0 saturated heterocycles. The van der Waals surface area contributed by atoms with Gasteiger partial charge in [0.1, 0.15) is 5.58 Å². The van der Waals surface area contributed by atoms with Gasteiger partial charge < -0.3 is 13.9 Å². The van der Waals surface area contributed by atoms with Crippen molar-refractivity contribution in [1.82, 2.24) is 0 Å². The summed E-state index contributed by atoms with van der Waals surface area (Å²) in [5, 5.41) is 0.913. The third-order valence-corrected chi connectivity index (χ3v) is 7.70. The Morgan fingerprint density at radius 2 is 1.82 bits per heavy atom. The van der Waals surface area contributed by atoms with Crippen molar-refractivity contribution in [2.75, 3.05) is 18.1 Å². The number of nitrogens with zero attached hydrogens (tertiary/aromatic N) is 1. The number of fused-ring (bicyclic) bond motifs is 2. The summed E-state index contributed by atoms with van der Waals surface area (Å²) in [4.78, 5) is 29.4. The molecule has 202 valence electrons. The molecular formula is C31H29BrClNO5. The van der Waals surface area contributed by atoms with Crippen LogP contribution in [0, 0.1) is 12.8 Å². The maximum absolute atomic E-state index is 13.9. The lowest BCUT2D eigenvalue weighted by Gasteiger charge is -2.26. The Kier molecular flexibility index (Phi) is 7.74. The number of benzene rings is 3. The van der Waals surface area contributed by atoms with E-state index in [2.05, 4.69) is 29.8 Å². The van der Waals surface area contributed by atoms with Gasteiger partial charge in [0.2, 0.25) is 5.76 Å². The van der Waals surface area contributed by atoms with E-state index in [9.17, 15) is 9.59 Å². The highest BCUT2D eigenvalue weighted by Crippen LogP contribution is 2.44. The van der Waals surface area contributed by atoms with E-state index in [1.165, 1.54) is 0 Å². The van der Waals surface area contributed by atoms with E-state index in [0.717, 1.165) is 16.5 Å². The molecule has 6 nitrogen and oxygen atoms in total. The summed E-state index contributed by atoms with van der Waals surface area (Å²) in [5.41, 5.74) is 2.50. The highest BCUT2D eigenvalue weighted by atomic mass is 79.9. The highest BCUT2D eigenvalue weighted by molar-refractivity contribution is 9.10. The highest BCUT2D eigenvalue weighted by Gasteiger charge is 2.44. The van der Waals surface area contributed by atoms with Crippen LogP contribution in [0.5, 0.6) is 11.5 Å². The number of carbonyl (C=O) groups excluding carboxylic acids is 1. The number of anilines is 1. The Balaban J connectivity index is 1.70. The lowest BCUT2D eigenvalue weighted by molar-refractivity contribution is 0.0971. The van der Waals surface area contributed by atoms with Gasteiger partial charge in [-0.15, -0.1) is 0 Å². The fraction of sp³-hybridized carbons (Fsp3) is 0.290. The van der Waals surface area contributed by atoms with Crippen molar-refractivity contribution in [3.63, 3.8) is 0 Å². The van der Waals surface area contributed by atoms with E-state index in [1.807, 2.05) is 44.2 Å². The van der Waals surface area contributed by atoms with Gasteiger partial charge in [-0.05, 0) is 79.8 Å². The molecule has 5 rings (SSSR count). The van der Waals surface area contributed by atoms with E-state index in [-0.39, 0.29) is 16.8 Å². The van der Waals surface area contributed by atoms with Crippen molar-refractivity contribution in [2.45, 2.75) is 40.2 Å². The fourth-order valence-corrected chi connectivity index (χ4v) is 5.28. The van der Waals surface area contributed by atoms with Crippen LogP contribution in [0.15, 0.2) is 68.3 Å². The van der Waals surface area contributed by atoms with Gasteiger partial charge in [-0.25, -0.2) is 0 Å². The summed E-state index contributed by atoms with van der Waals surface area (Å²) in [5.74, 6) is 1.28. The normalized spacial score (nSPS) is 14.8. The average molecular weight is 611 g/mol. The molecule has 0 saturated carbocycles. The quantitative estimate of drug-likeness (QED) is 0.202. The van der Waals surface area contributed by atoms with Crippen LogP contribution in [-0.4, -0.2) is 19.1 Å². The smallest absolute Gasteiger partial charge is 0.295 e. The monoisotopic (exact) mass is 609 g/mol. The molecule has 8 heteroatoms. The zero-order chi connectivity index (χ0) is 27.8. The third-order valence-electron chi connectivity index (χ3n) is 6.80. The first-order valence-electron chi connectivity index (χ1n) is 12.9. The van der Waals surface area contributed by atoms with Crippen molar-refractivity contribution in [2.24, 2.45) is 5.92 Å². The molecule has 2 heterocycles. The Labute approximate surface area is 240 Å². The summed E-state index contributed by atoms with van der Waals surface area (Å²) in [6.45, 7) is 9.07. The number of aryl methyl sites for hydroxylation is 1. The van der Waals surface area contributed by atoms with Gasteiger partial charge in [0.05, 0.1) is 30.2 Å². The molecule has 1 atom stereocenters. The van der Waals surface area contributed by atoms with Crippen LogP contribution < -0.4 is 19.8 Å². The SMILES string of the molecule is CCOc1cc(C2c3c(oc4ccc(Br)cc4c3=O)C(=O)N2c2ccc(C)c(Cl)c2)ccc1OCCC(C)C. The summed E-state index contributed by atoms with van der Waals surface area (Å²) in [6, 6.07) is 15.4. The summed E-state index contributed by atoms with van der Waals surface area (Å²) in [7, 11) is 0. The fourth-order valence-electron chi connectivity index (χ4n) is 4.75. The lowest BCUT2D eigenvalue weighted by Crippen LogP contribution is -2.29. The molecule has 1 unspecified atom stereocenters. The first-order chi connectivity index (χ1) is 18.7. The Morgan fingerprint density at radius 3 is 2.54 bits per heavy atom. The van der Waals surface area contributed by atoms with Crippen molar-refractivity contribution in [3.05, 3.63) is 96.8 Å². The van der Waals surface area contributed by atoms with E-state index in [0.29, 0.717) is 57.9 Å². The van der Waals surface area contributed by atoms with E-state index < -0.39 is 11.9 Å². The van der Waals surface area contributed by atoms with Gasteiger partial charge in [0.15, 0.2) is 16.9 Å². The molecule has 0 radical (unpaired) electrons. The largest absolute Gasteiger partial charge is 0.490 e. The van der Waals surface area contributed by atoms with Crippen LogP contribution in [0.25, 0.3) is 11.0 Å². The standard InChI is InChI=1S/C31H29BrClNO5/c1-5-37-26-14-19(7-10-25(26)38-13-12-17(2)3)28-27-29(35)22-15-20(32)8-11-24(22)39-30(27)31(36)34(28)21-9-6-18(4)23(33)16-21/h6-11,14-17,28H,5,12-13H2,1-4H3. The van der Waals surface area contributed by atoms with E-state index in [1.54, 1.807) is 29.2 Å². The number of carbonyl (C=O) groups is 1. The predicted molar refractivity (Wildman–Crippen MR) is 158 cm³/mol. The predicted octanol–water partition coefficient (Wildman–Crippen LogP) is 8.09. The van der Waals surface area contributed by atoms with Gasteiger partial charge in [-0.2, -0.15) is 0 Å². The summed E-state index contributed by atoms with van der Waals surface area (Å²) in [6.07, 6.45) is 0.906. The van der Waals surface area contributed by atoms with E-state index >= 15 is 0 Å². The maximum atomic E-state index is 13.9. The average Bonchev–Trinajstić information content (AvgIpc) is 3.19. The Bertz CT molecular complexity index is 1630. The minimum Gasteiger partial charge on any atom is -0.490 e. The molecule has 0 aliphatic carbocycles. The van der Waals surface area contributed by atoms with Crippen LogP contribution in [0.1, 0.15) is 60.5 Å². The van der Waals surface area contributed by atoms with Crippen molar-refractivity contribution in [1.29, 1.82) is 0 Å². The van der Waals surface area contributed by atoms with Crippen molar-refractivity contribution in [3.8, 4) is 11.5 Å². The molecule has 0 bridgehead atoms. The zero-order valence-corrected chi connectivity index (χ0v) is 24.6. The van der Waals surface area contributed by atoms with Crippen molar-refractivity contribution >= 4 is 50.1 Å². The van der Waals surface area contributed by atoms with Gasteiger partial charge in [0, 0.05) is 15.2 Å². The number of amides is 1. The van der Waals surface area contributed by atoms with Crippen LogP contribution in [0.2, 0.25) is 5.02 Å². The van der Waals surface area contributed by atoms with Gasteiger partial charge in [0.25, 0.3) is 5.91 Å². The van der Waals surface area contributed by atoms with Crippen LogP contribution in [0.3, 0.4) is 0 Å². The first kappa shape index (κ1) is 27.3. The molecule has 0 spiro atoms. The molecule has 3 aromatic carbocycles. The minimum atomic E-state index is -0.755. The Morgan fingerprint density at radius 1 is 1.03 bits per heavy atom. The molecule has 1 aliphatic rings. The number of hydrogen-bond donors (Lipinski definition) is 0. The molecule has 1 aliphatic heterocycles. The van der Waals surface area contributed by atoms with Gasteiger partial charge in [-0.3, -0.25) is 14.5 Å².